The molecular formula is C37H43N3O7. The first-order valence-corrected chi connectivity index (χ1v) is 16.6. The molecular weight excluding hydrogens is 598 g/mol. The zero-order chi connectivity index (χ0) is 33.1. The minimum absolute atomic E-state index is 0.0719. The third kappa shape index (κ3) is 6.12. The van der Waals surface area contributed by atoms with Crippen molar-refractivity contribution < 1.29 is 33.8 Å². The Bertz CT molecular complexity index is 1530. The Hall–Kier alpha value is -4.28. The molecule has 8 atom stereocenters. The molecule has 2 aromatic rings. The zero-order valence-electron chi connectivity index (χ0n) is 26.9. The van der Waals surface area contributed by atoms with E-state index in [0.29, 0.717) is 24.9 Å². The molecule has 10 heteroatoms. The van der Waals surface area contributed by atoms with Gasteiger partial charge < -0.3 is 29.7 Å². The van der Waals surface area contributed by atoms with E-state index in [0.717, 1.165) is 5.56 Å². The second-order valence-corrected chi connectivity index (χ2v) is 12.9. The monoisotopic (exact) mass is 641 g/mol. The number of nitrogens with one attached hydrogen (secondary N) is 1. The van der Waals surface area contributed by atoms with E-state index in [9.17, 15) is 24.3 Å². The van der Waals surface area contributed by atoms with Crippen molar-refractivity contribution >= 4 is 23.7 Å². The van der Waals surface area contributed by atoms with Gasteiger partial charge in [-0.15, -0.1) is 0 Å². The zero-order valence-corrected chi connectivity index (χ0v) is 26.9. The lowest BCUT2D eigenvalue weighted by molar-refractivity contribution is -0.161. The van der Waals surface area contributed by atoms with Crippen molar-refractivity contribution in [3.63, 3.8) is 0 Å². The summed E-state index contributed by atoms with van der Waals surface area (Å²) in [7, 11) is 0. The molecule has 4 aliphatic rings. The maximum Gasteiger partial charge on any atom is 0.313 e. The maximum atomic E-state index is 14.8. The Labute approximate surface area is 275 Å². The number of allylic oxidation sites excluding steroid dienone is 1. The van der Waals surface area contributed by atoms with Crippen LogP contribution in [0.15, 0.2) is 85.0 Å². The van der Waals surface area contributed by atoms with Gasteiger partial charge in [-0.1, -0.05) is 105 Å². The second kappa shape index (κ2) is 13.8. The molecule has 1 spiro atoms. The lowest BCUT2D eigenvalue weighted by Gasteiger charge is -2.40. The number of carbonyl (C=O) groups excluding carboxylic acids is 4. The minimum Gasteiger partial charge on any atom is -0.455 e. The van der Waals surface area contributed by atoms with E-state index >= 15 is 0 Å². The highest BCUT2D eigenvalue weighted by Gasteiger charge is 2.72. The van der Waals surface area contributed by atoms with E-state index in [-0.39, 0.29) is 43.8 Å². The maximum absolute atomic E-state index is 14.8. The van der Waals surface area contributed by atoms with Gasteiger partial charge in [-0.05, 0) is 23.5 Å². The molecule has 2 fully saturated rings. The largest absolute Gasteiger partial charge is 0.455 e. The van der Waals surface area contributed by atoms with Gasteiger partial charge in [0, 0.05) is 19.5 Å². The SMILES string of the molecule is CC[C@H](C)[C@H](CO)N1C(=O)[C@@H]2[C@H]3C(=O)O[C@H](c4ccccc4)CNC(=O)CC/C=C\[C@H]3O[C@@]23C=CCN(Cc2ccccc2)C(=O)[C@@H]13. The first kappa shape index (κ1) is 32.7. The van der Waals surface area contributed by atoms with Crippen molar-refractivity contribution in [2.24, 2.45) is 17.8 Å². The standard InChI is InChI=1S/C37H43N3O7/c1-3-24(2)27(23-41)40-33-35(44)39(22-25-13-6-4-7-14-25)20-12-19-37(33)32(34(40)43)31-28(47-37)17-10-11-18-30(42)38-21-29(46-36(31)45)26-15-8-5-9-16-26/h4-10,12-17,19,24,27-29,31-33,41H,3,11,18,20-23H2,1-2H3,(H,38,42)/b17-10-/t24-,27-,28+,29-,31-,32-,33+,37-/m0/s1. The van der Waals surface area contributed by atoms with Crippen LogP contribution in [0.2, 0.25) is 0 Å². The molecule has 6 rings (SSSR count). The van der Waals surface area contributed by atoms with Gasteiger partial charge in [-0.25, -0.2) is 0 Å². The number of ether oxygens (including phenoxy) is 2. The number of rotatable bonds is 7. The molecule has 0 bridgehead atoms. The molecule has 3 amide bonds. The Morgan fingerprint density at radius 3 is 2.43 bits per heavy atom. The quantitative estimate of drug-likeness (QED) is 0.351. The second-order valence-electron chi connectivity index (χ2n) is 12.9. The van der Waals surface area contributed by atoms with Crippen LogP contribution in [0.3, 0.4) is 0 Å². The summed E-state index contributed by atoms with van der Waals surface area (Å²) in [5.41, 5.74) is 0.165. The van der Waals surface area contributed by atoms with Gasteiger partial charge in [0.05, 0.1) is 31.2 Å². The lowest BCUT2D eigenvalue weighted by atomic mass is 9.77. The first-order valence-electron chi connectivity index (χ1n) is 16.6. The number of nitrogens with zero attached hydrogens (tertiary/aromatic N) is 2. The Morgan fingerprint density at radius 1 is 1.00 bits per heavy atom. The molecule has 10 nitrogen and oxygen atoms in total. The fourth-order valence-corrected chi connectivity index (χ4v) is 7.51. The van der Waals surface area contributed by atoms with Gasteiger partial charge in [0.25, 0.3) is 0 Å². The van der Waals surface area contributed by atoms with Crippen LogP contribution in [0.25, 0.3) is 0 Å². The minimum atomic E-state index is -1.48. The molecule has 2 aromatic carbocycles. The van der Waals surface area contributed by atoms with Crippen LogP contribution in [0.5, 0.6) is 0 Å². The average Bonchev–Trinajstić information content (AvgIpc) is 3.48. The highest BCUT2D eigenvalue weighted by atomic mass is 16.6. The van der Waals surface area contributed by atoms with Crippen LogP contribution in [0.1, 0.15) is 50.3 Å². The molecule has 47 heavy (non-hydrogen) atoms. The van der Waals surface area contributed by atoms with Crippen molar-refractivity contribution in [2.45, 2.75) is 69.5 Å². The smallest absolute Gasteiger partial charge is 0.313 e. The van der Waals surface area contributed by atoms with Crippen LogP contribution in [-0.4, -0.2) is 82.1 Å². The summed E-state index contributed by atoms with van der Waals surface area (Å²) in [5, 5.41) is 13.5. The van der Waals surface area contributed by atoms with Crippen molar-refractivity contribution in [2.75, 3.05) is 19.7 Å². The summed E-state index contributed by atoms with van der Waals surface area (Å²) in [4.78, 5) is 59.6. The molecule has 0 unspecified atom stereocenters. The summed E-state index contributed by atoms with van der Waals surface area (Å²) in [6.07, 6.45) is 6.78. The van der Waals surface area contributed by atoms with Gasteiger partial charge in [0.1, 0.15) is 23.7 Å². The van der Waals surface area contributed by atoms with E-state index in [2.05, 4.69) is 5.32 Å². The van der Waals surface area contributed by atoms with E-state index in [1.165, 1.54) is 4.90 Å². The predicted molar refractivity (Wildman–Crippen MR) is 173 cm³/mol. The Morgan fingerprint density at radius 2 is 1.72 bits per heavy atom. The van der Waals surface area contributed by atoms with Gasteiger partial charge in [0.2, 0.25) is 17.7 Å². The summed E-state index contributed by atoms with van der Waals surface area (Å²) in [6, 6.07) is 17.0. The Balaban J connectivity index is 1.44. The van der Waals surface area contributed by atoms with Gasteiger partial charge in [-0.3, -0.25) is 19.2 Å². The number of benzene rings is 2. The molecule has 4 aliphatic heterocycles. The van der Waals surface area contributed by atoms with Gasteiger partial charge >= 0.3 is 5.97 Å². The van der Waals surface area contributed by atoms with E-state index in [1.54, 1.807) is 23.1 Å². The molecule has 0 aliphatic carbocycles. The van der Waals surface area contributed by atoms with Crippen LogP contribution < -0.4 is 5.32 Å². The topological polar surface area (TPSA) is 125 Å². The third-order valence-electron chi connectivity index (χ3n) is 10.1. The summed E-state index contributed by atoms with van der Waals surface area (Å²) >= 11 is 0. The summed E-state index contributed by atoms with van der Waals surface area (Å²) in [5.74, 6) is -3.80. The fourth-order valence-electron chi connectivity index (χ4n) is 7.51. The van der Waals surface area contributed by atoms with Crippen LogP contribution in [-0.2, 0) is 35.2 Å². The molecule has 4 heterocycles. The highest BCUT2D eigenvalue weighted by Crippen LogP contribution is 2.54. The molecule has 2 saturated heterocycles. The molecule has 0 aromatic heterocycles. The third-order valence-corrected chi connectivity index (χ3v) is 10.1. The highest BCUT2D eigenvalue weighted by molar-refractivity contribution is 5.99. The number of cyclic esters (lactones) is 1. The van der Waals surface area contributed by atoms with E-state index < -0.39 is 53.6 Å². The van der Waals surface area contributed by atoms with E-state index in [1.807, 2.05) is 80.6 Å². The predicted octanol–water partition coefficient (Wildman–Crippen LogP) is 3.32. The number of likely N-dealkylation sites (tertiary alicyclic amines) is 1. The van der Waals surface area contributed by atoms with Crippen molar-refractivity contribution in [3.05, 3.63) is 96.1 Å². The van der Waals surface area contributed by atoms with Gasteiger partial charge in [-0.2, -0.15) is 0 Å². The lowest BCUT2D eigenvalue weighted by Crippen LogP contribution is -2.59. The molecule has 0 radical (unpaired) electrons. The summed E-state index contributed by atoms with van der Waals surface area (Å²) < 4.78 is 13.0. The van der Waals surface area contributed by atoms with E-state index in [4.69, 9.17) is 9.47 Å². The van der Waals surface area contributed by atoms with Crippen molar-refractivity contribution in [1.29, 1.82) is 0 Å². The number of carbonyl (C=O) groups is 4. The normalized spacial score (nSPS) is 31.3. The van der Waals surface area contributed by atoms with Crippen molar-refractivity contribution in [1.82, 2.24) is 15.1 Å². The summed E-state index contributed by atoms with van der Waals surface area (Å²) in [6.45, 7) is 4.27. The van der Waals surface area contributed by atoms with Crippen LogP contribution >= 0.6 is 0 Å². The number of hydrogen-bond acceptors (Lipinski definition) is 7. The fraction of sp³-hybridized carbons (Fsp3) is 0.459. The van der Waals surface area contributed by atoms with Crippen molar-refractivity contribution in [3.8, 4) is 0 Å². The van der Waals surface area contributed by atoms with Gasteiger partial charge in [0.15, 0.2) is 0 Å². The number of fused-ring (bicyclic) bond motifs is 2. The number of aliphatic hydroxyl groups excluding tert-OH is 1. The molecule has 2 N–H and O–H groups in total. The first-order chi connectivity index (χ1) is 22.8. The number of hydrogen-bond donors (Lipinski definition) is 2. The Kier molecular flexibility index (Phi) is 9.61. The molecule has 248 valence electrons. The number of amides is 3. The average molecular weight is 642 g/mol. The van der Waals surface area contributed by atoms with Crippen LogP contribution in [0.4, 0.5) is 0 Å². The van der Waals surface area contributed by atoms with Crippen LogP contribution in [0, 0.1) is 17.8 Å². The molecule has 0 saturated carbocycles. The number of aliphatic hydroxyl groups is 1. The number of esters is 1.